The number of carbonyl (C=O) groups is 1. The predicted molar refractivity (Wildman–Crippen MR) is 107 cm³/mol. The van der Waals surface area contributed by atoms with Crippen LogP contribution in [0.3, 0.4) is 0 Å². The first-order chi connectivity index (χ1) is 12.3. The highest BCUT2D eigenvalue weighted by Gasteiger charge is 2.08. The quantitative estimate of drug-likeness (QED) is 0.484. The number of benzene rings is 2. The van der Waals surface area contributed by atoms with Gasteiger partial charge in [-0.25, -0.2) is 9.97 Å². The second-order valence-electron chi connectivity index (χ2n) is 5.20. The molecule has 0 unspecified atom stereocenters. The number of anilines is 1. The molecule has 124 valence electrons. The first-order valence-corrected chi connectivity index (χ1v) is 10.2. The molecular weight excluding hydrogens is 370 g/mol. The molecule has 0 bridgehead atoms. The standard InChI is InChI=1S/C18H13N3OS3/c22-16(11-24-18-21-14-3-1-2-4-15(14)25-18)20-13-7-5-12(6-8-13)17-19-9-10-23-17/h1-10H,11H2,(H,20,22). The maximum Gasteiger partial charge on any atom is 0.234 e. The van der Waals surface area contributed by atoms with E-state index in [1.54, 1.807) is 28.9 Å². The number of nitrogens with zero attached hydrogens (tertiary/aromatic N) is 2. The van der Waals surface area contributed by atoms with Gasteiger partial charge in [0, 0.05) is 22.8 Å². The van der Waals surface area contributed by atoms with Crippen LogP contribution >= 0.6 is 34.4 Å². The first kappa shape index (κ1) is 16.3. The summed E-state index contributed by atoms with van der Waals surface area (Å²) < 4.78 is 2.05. The summed E-state index contributed by atoms with van der Waals surface area (Å²) in [5.41, 5.74) is 2.82. The Hall–Kier alpha value is -2.22. The Balaban J connectivity index is 1.35. The summed E-state index contributed by atoms with van der Waals surface area (Å²) in [6.07, 6.45) is 1.79. The lowest BCUT2D eigenvalue weighted by Crippen LogP contribution is -2.13. The van der Waals surface area contributed by atoms with Gasteiger partial charge in [0.2, 0.25) is 5.91 Å². The van der Waals surface area contributed by atoms with Gasteiger partial charge in [-0.15, -0.1) is 22.7 Å². The molecule has 0 aliphatic heterocycles. The molecule has 1 N–H and O–H groups in total. The van der Waals surface area contributed by atoms with Gasteiger partial charge in [0.25, 0.3) is 0 Å². The van der Waals surface area contributed by atoms with E-state index in [0.29, 0.717) is 5.75 Å². The molecule has 0 saturated heterocycles. The van der Waals surface area contributed by atoms with Crippen LogP contribution in [0.2, 0.25) is 0 Å². The van der Waals surface area contributed by atoms with Gasteiger partial charge in [-0.05, 0) is 36.4 Å². The largest absolute Gasteiger partial charge is 0.325 e. The van der Waals surface area contributed by atoms with Crippen molar-refractivity contribution in [3.63, 3.8) is 0 Å². The predicted octanol–water partition coefficient (Wildman–Crippen LogP) is 5.15. The SMILES string of the molecule is O=C(CSc1nc2ccccc2s1)Nc1ccc(-c2nccs2)cc1. The number of rotatable bonds is 5. The maximum absolute atomic E-state index is 12.1. The maximum atomic E-state index is 12.1. The van der Waals surface area contributed by atoms with E-state index in [2.05, 4.69) is 15.3 Å². The zero-order valence-electron chi connectivity index (χ0n) is 13.0. The van der Waals surface area contributed by atoms with Crippen LogP contribution in [0.1, 0.15) is 0 Å². The van der Waals surface area contributed by atoms with Gasteiger partial charge in [-0.3, -0.25) is 4.79 Å². The van der Waals surface area contributed by atoms with E-state index in [1.165, 1.54) is 11.8 Å². The van der Waals surface area contributed by atoms with Crippen molar-refractivity contribution in [1.82, 2.24) is 9.97 Å². The van der Waals surface area contributed by atoms with Gasteiger partial charge in [-0.1, -0.05) is 23.9 Å². The molecule has 7 heteroatoms. The average Bonchev–Trinajstić information content (AvgIpc) is 3.30. The molecule has 25 heavy (non-hydrogen) atoms. The molecule has 2 aromatic carbocycles. The molecule has 4 aromatic rings. The molecule has 4 rings (SSSR count). The Morgan fingerprint density at radius 3 is 2.72 bits per heavy atom. The second-order valence-corrected chi connectivity index (χ2v) is 8.35. The van der Waals surface area contributed by atoms with Crippen LogP contribution in [0.4, 0.5) is 5.69 Å². The average molecular weight is 384 g/mol. The van der Waals surface area contributed by atoms with Crippen LogP contribution < -0.4 is 5.32 Å². The van der Waals surface area contributed by atoms with Crippen LogP contribution in [-0.2, 0) is 4.79 Å². The lowest BCUT2D eigenvalue weighted by atomic mass is 10.2. The molecule has 4 nitrogen and oxygen atoms in total. The Labute approximate surface area is 157 Å². The molecule has 0 fully saturated rings. The number of hydrogen-bond acceptors (Lipinski definition) is 6. The number of fused-ring (bicyclic) bond motifs is 1. The fourth-order valence-corrected chi connectivity index (χ4v) is 4.81. The van der Waals surface area contributed by atoms with Crippen molar-refractivity contribution in [1.29, 1.82) is 0 Å². The fraction of sp³-hybridized carbons (Fsp3) is 0.0556. The monoisotopic (exact) mass is 383 g/mol. The zero-order valence-corrected chi connectivity index (χ0v) is 15.5. The summed E-state index contributed by atoms with van der Waals surface area (Å²) in [6, 6.07) is 15.7. The number of aromatic nitrogens is 2. The highest BCUT2D eigenvalue weighted by molar-refractivity contribution is 8.01. The lowest BCUT2D eigenvalue weighted by Gasteiger charge is -2.05. The van der Waals surface area contributed by atoms with Crippen molar-refractivity contribution in [3.8, 4) is 10.6 Å². The minimum atomic E-state index is -0.0359. The van der Waals surface area contributed by atoms with Gasteiger partial charge in [0.1, 0.15) is 5.01 Å². The molecule has 0 aliphatic carbocycles. The summed E-state index contributed by atoms with van der Waals surface area (Å²) in [7, 11) is 0. The summed E-state index contributed by atoms with van der Waals surface area (Å²) in [6.45, 7) is 0. The topological polar surface area (TPSA) is 54.9 Å². The number of hydrogen-bond donors (Lipinski definition) is 1. The summed E-state index contributed by atoms with van der Waals surface area (Å²) >= 11 is 4.67. The number of para-hydroxylation sites is 1. The van der Waals surface area contributed by atoms with E-state index >= 15 is 0 Å². The smallest absolute Gasteiger partial charge is 0.234 e. The van der Waals surface area contributed by atoms with Crippen LogP contribution in [0, 0.1) is 0 Å². The van der Waals surface area contributed by atoms with Crippen LogP contribution in [0.15, 0.2) is 64.4 Å². The Bertz CT molecular complexity index is 961. The Kier molecular flexibility index (Phi) is 4.78. The number of thiazole rings is 2. The molecule has 2 aromatic heterocycles. The number of carbonyl (C=O) groups excluding carboxylic acids is 1. The molecule has 2 heterocycles. The second kappa shape index (κ2) is 7.35. The molecular formula is C18H13N3OS3. The summed E-state index contributed by atoms with van der Waals surface area (Å²) in [5, 5.41) is 5.84. The van der Waals surface area contributed by atoms with Crippen molar-refractivity contribution >= 4 is 56.2 Å². The molecule has 0 spiro atoms. The van der Waals surface area contributed by atoms with Gasteiger partial charge < -0.3 is 5.32 Å². The van der Waals surface area contributed by atoms with Gasteiger partial charge in [0.15, 0.2) is 4.34 Å². The molecule has 0 atom stereocenters. The van der Waals surface area contributed by atoms with E-state index in [-0.39, 0.29) is 5.91 Å². The van der Waals surface area contributed by atoms with E-state index in [1.807, 2.05) is 53.9 Å². The number of amides is 1. The van der Waals surface area contributed by atoms with E-state index in [4.69, 9.17) is 0 Å². The number of nitrogens with one attached hydrogen (secondary N) is 1. The van der Waals surface area contributed by atoms with E-state index < -0.39 is 0 Å². The highest BCUT2D eigenvalue weighted by Crippen LogP contribution is 2.29. The normalized spacial score (nSPS) is 10.9. The van der Waals surface area contributed by atoms with Crippen molar-refractivity contribution in [2.45, 2.75) is 4.34 Å². The van der Waals surface area contributed by atoms with E-state index in [0.717, 1.165) is 30.8 Å². The lowest BCUT2D eigenvalue weighted by molar-refractivity contribution is -0.113. The van der Waals surface area contributed by atoms with Crippen molar-refractivity contribution in [3.05, 3.63) is 60.1 Å². The Morgan fingerprint density at radius 1 is 1.12 bits per heavy atom. The minimum absolute atomic E-state index is 0.0359. The van der Waals surface area contributed by atoms with Gasteiger partial charge in [-0.2, -0.15) is 0 Å². The highest BCUT2D eigenvalue weighted by atomic mass is 32.2. The van der Waals surface area contributed by atoms with Crippen molar-refractivity contribution < 1.29 is 4.79 Å². The van der Waals surface area contributed by atoms with Crippen LogP contribution in [0.25, 0.3) is 20.8 Å². The molecule has 0 saturated carbocycles. The summed E-state index contributed by atoms with van der Waals surface area (Å²) in [5.74, 6) is 0.305. The van der Waals surface area contributed by atoms with Crippen LogP contribution in [0.5, 0.6) is 0 Å². The number of thioether (sulfide) groups is 1. The summed E-state index contributed by atoms with van der Waals surface area (Å²) in [4.78, 5) is 21.0. The molecule has 0 radical (unpaired) electrons. The van der Waals surface area contributed by atoms with Gasteiger partial charge >= 0.3 is 0 Å². The molecule has 0 aliphatic rings. The Morgan fingerprint density at radius 2 is 1.96 bits per heavy atom. The minimum Gasteiger partial charge on any atom is -0.325 e. The first-order valence-electron chi connectivity index (χ1n) is 7.56. The van der Waals surface area contributed by atoms with Crippen molar-refractivity contribution in [2.75, 3.05) is 11.1 Å². The van der Waals surface area contributed by atoms with Crippen molar-refractivity contribution in [2.24, 2.45) is 0 Å². The third-order valence-electron chi connectivity index (χ3n) is 3.45. The zero-order chi connectivity index (χ0) is 17.1. The third-order valence-corrected chi connectivity index (χ3v) is 6.45. The fourth-order valence-electron chi connectivity index (χ4n) is 2.30. The third kappa shape index (κ3) is 3.89. The van der Waals surface area contributed by atoms with E-state index in [9.17, 15) is 4.79 Å². The molecule has 1 amide bonds. The van der Waals surface area contributed by atoms with Crippen LogP contribution in [-0.4, -0.2) is 21.6 Å². The van der Waals surface area contributed by atoms with Gasteiger partial charge in [0.05, 0.1) is 16.0 Å².